The van der Waals surface area contributed by atoms with Gasteiger partial charge in [0.25, 0.3) is 5.91 Å². The quantitative estimate of drug-likeness (QED) is 0.804. The third-order valence-electron chi connectivity index (χ3n) is 4.20. The highest BCUT2D eigenvalue weighted by molar-refractivity contribution is 7.89. The monoisotopic (exact) mass is 397 g/mol. The van der Waals surface area contributed by atoms with Crippen LogP contribution in [-0.2, 0) is 10.0 Å². The topological polar surface area (TPSA) is 79.4 Å². The van der Waals surface area contributed by atoms with Crippen molar-refractivity contribution in [3.05, 3.63) is 59.1 Å². The van der Waals surface area contributed by atoms with Gasteiger partial charge >= 0.3 is 0 Å². The van der Waals surface area contributed by atoms with E-state index in [0.29, 0.717) is 36.6 Å². The molecule has 2 aromatic rings. The fourth-order valence-corrected chi connectivity index (χ4v) is 4.20. The average molecular weight is 398 g/mol. The SMILES string of the molecule is O=C(c1ccc(Cl)nc1)N1CCC(NS(=O)(=O)c2ccc(F)cc2)CC1. The summed E-state index contributed by atoms with van der Waals surface area (Å²) in [6.07, 6.45) is 2.41. The number of rotatable bonds is 4. The van der Waals surface area contributed by atoms with Crippen LogP contribution in [0.15, 0.2) is 47.5 Å². The number of aromatic nitrogens is 1. The molecule has 0 bridgehead atoms. The second-order valence-corrected chi connectivity index (χ2v) is 8.11. The molecule has 1 aliphatic heterocycles. The molecule has 1 saturated heterocycles. The van der Waals surface area contributed by atoms with Crippen LogP contribution in [-0.4, -0.2) is 43.3 Å². The smallest absolute Gasteiger partial charge is 0.255 e. The highest BCUT2D eigenvalue weighted by Crippen LogP contribution is 2.17. The zero-order valence-electron chi connectivity index (χ0n) is 13.7. The summed E-state index contributed by atoms with van der Waals surface area (Å²) in [5, 5.41) is 0.315. The summed E-state index contributed by atoms with van der Waals surface area (Å²) in [6, 6.07) is 7.55. The summed E-state index contributed by atoms with van der Waals surface area (Å²) in [6.45, 7) is 0.857. The van der Waals surface area contributed by atoms with Gasteiger partial charge in [0.2, 0.25) is 10.0 Å². The van der Waals surface area contributed by atoms with Crippen molar-refractivity contribution in [2.24, 2.45) is 0 Å². The van der Waals surface area contributed by atoms with Crippen LogP contribution in [0.5, 0.6) is 0 Å². The van der Waals surface area contributed by atoms with Crippen LogP contribution >= 0.6 is 11.6 Å². The maximum Gasteiger partial charge on any atom is 0.255 e. The Labute approximate surface area is 156 Å². The lowest BCUT2D eigenvalue weighted by atomic mass is 10.1. The van der Waals surface area contributed by atoms with E-state index in [0.717, 1.165) is 12.1 Å². The zero-order valence-corrected chi connectivity index (χ0v) is 15.3. The Morgan fingerprint density at radius 2 is 1.81 bits per heavy atom. The van der Waals surface area contributed by atoms with Crippen LogP contribution in [0.25, 0.3) is 0 Å². The molecule has 26 heavy (non-hydrogen) atoms. The first-order valence-corrected chi connectivity index (χ1v) is 9.90. The van der Waals surface area contributed by atoms with E-state index in [1.54, 1.807) is 17.0 Å². The largest absolute Gasteiger partial charge is 0.338 e. The minimum absolute atomic E-state index is 0.0182. The number of amides is 1. The number of nitrogens with zero attached hydrogens (tertiary/aromatic N) is 2. The van der Waals surface area contributed by atoms with Gasteiger partial charge in [-0.25, -0.2) is 22.5 Å². The van der Waals surface area contributed by atoms with Crippen LogP contribution in [0.1, 0.15) is 23.2 Å². The molecular formula is C17H17ClFN3O3S. The van der Waals surface area contributed by atoms with Gasteiger partial charge in [0.1, 0.15) is 11.0 Å². The number of carbonyl (C=O) groups is 1. The molecule has 1 fully saturated rings. The van der Waals surface area contributed by atoms with E-state index in [9.17, 15) is 17.6 Å². The molecule has 0 spiro atoms. The molecule has 1 aromatic carbocycles. The van der Waals surface area contributed by atoms with Crippen molar-refractivity contribution >= 4 is 27.5 Å². The Hall–Kier alpha value is -2.03. The second-order valence-electron chi connectivity index (χ2n) is 6.01. The van der Waals surface area contributed by atoms with Crippen molar-refractivity contribution in [3.8, 4) is 0 Å². The molecule has 1 aromatic heterocycles. The predicted molar refractivity (Wildman–Crippen MR) is 94.9 cm³/mol. The van der Waals surface area contributed by atoms with Gasteiger partial charge in [-0.05, 0) is 49.2 Å². The summed E-state index contributed by atoms with van der Waals surface area (Å²) in [4.78, 5) is 18.0. The molecule has 2 heterocycles. The Balaban J connectivity index is 1.59. The van der Waals surface area contributed by atoms with Crippen molar-refractivity contribution < 1.29 is 17.6 Å². The normalized spacial score (nSPS) is 15.8. The van der Waals surface area contributed by atoms with Crippen LogP contribution in [0.3, 0.4) is 0 Å². The number of likely N-dealkylation sites (tertiary alicyclic amines) is 1. The first-order chi connectivity index (χ1) is 12.3. The number of nitrogens with one attached hydrogen (secondary N) is 1. The van der Waals surface area contributed by atoms with Gasteiger partial charge in [-0.15, -0.1) is 0 Å². The Bertz CT molecular complexity index is 880. The zero-order chi connectivity index (χ0) is 18.7. The van der Waals surface area contributed by atoms with Gasteiger partial charge in [-0.3, -0.25) is 4.79 Å². The molecule has 9 heteroatoms. The fraction of sp³-hybridized carbons (Fsp3) is 0.294. The van der Waals surface area contributed by atoms with Gasteiger partial charge < -0.3 is 4.90 Å². The average Bonchev–Trinajstić information content (AvgIpc) is 2.62. The van der Waals surface area contributed by atoms with E-state index >= 15 is 0 Å². The Kier molecular flexibility index (Phi) is 5.55. The summed E-state index contributed by atoms with van der Waals surface area (Å²) in [7, 11) is -3.72. The molecule has 0 saturated carbocycles. The molecule has 0 aliphatic carbocycles. The van der Waals surface area contributed by atoms with E-state index in [4.69, 9.17) is 11.6 Å². The van der Waals surface area contributed by atoms with Gasteiger partial charge in [0, 0.05) is 25.3 Å². The summed E-state index contributed by atoms with van der Waals surface area (Å²) in [5.74, 6) is -0.651. The molecule has 3 rings (SSSR count). The molecular weight excluding hydrogens is 381 g/mol. The fourth-order valence-electron chi connectivity index (χ4n) is 2.79. The second kappa shape index (κ2) is 7.69. The predicted octanol–water partition coefficient (Wildman–Crippen LogP) is 2.46. The minimum atomic E-state index is -3.72. The van der Waals surface area contributed by atoms with Crippen molar-refractivity contribution in [2.45, 2.75) is 23.8 Å². The number of hydrogen-bond acceptors (Lipinski definition) is 4. The molecule has 138 valence electrons. The van der Waals surface area contributed by atoms with Gasteiger partial charge in [-0.2, -0.15) is 0 Å². The van der Waals surface area contributed by atoms with E-state index in [2.05, 4.69) is 9.71 Å². The lowest BCUT2D eigenvalue weighted by Gasteiger charge is -2.32. The van der Waals surface area contributed by atoms with Gasteiger partial charge in [-0.1, -0.05) is 11.6 Å². The number of benzene rings is 1. The highest BCUT2D eigenvalue weighted by Gasteiger charge is 2.27. The lowest BCUT2D eigenvalue weighted by molar-refractivity contribution is 0.0711. The number of pyridine rings is 1. The lowest BCUT2D eigenvalue weighted by Crippen LogP contribution is -2.46. The molecule has 0 unspecified atom stereocenters. The van der Waals surface area contributed by atoms with Crippen LogP contribution in [0.2, 0.25) is 5.15 Å². The first-order valence-electron chi connectivity index (χ1n) is 8.04. The Morgan fingerprint density at radius 1 is 1.15 bits per heavy atom. The summed E-state index contributed by atoms with van der Waals surface area (Å²) in [5.41, 5.74) is 0.444. The van der Waals surface area contributed by atoms with Crippen LogP contribution in [0.4, 0.5) is 4.39 Å². The third kappa shape index (κ3) is 4.38. The van der Waals surface area contributed by atoms with E-state index < -0.39 is 15.8 Å². The maximum absolute atomic E-state index is 12.9. The first kappa shape index (κ1) is 18.8. The van der Waals surface area contributed by atoms with Crippen molar-refractivity contribution in [3.63, 3.8) is 0 Å². The summed E-state index contributed by atoms with van der Waals surface area (Å²) < 4.78 is 40.3. The number of piperidine rings is 1. The molecule has 0 atom stereocenters. The standard InChI is InChI=1S/C17H17ClFN3O3S/c18-16-6-1-12(11-20-16)17(23)22-9-7-14(8-10-22)21-26(24,25)15-4-2-13(19)3-5-15/h1-6,11,14,21H,7-10H2. The van der Waals surface area contributed by atoms with Gasteiger partial charge in [0.15, 0.2) is 0 Å². The van der Waals surface area contributed by atoms with E-state index in [1.807, 2.05) is 0 Å². The minimum Gasteiger partial charge on any atom is -0.338 e. The number of hydrogen-bond donors (Lipinski definition) is 1. The number of halogens is 2. The van der Waals surface area contributed by atoms with E-state index in [1.165, 1.54) is 18.3 Å². The van der Waals surface area contributed by atoms with Crippen LogP contribution < -0.4 is 4.72 Å². The summed E-state index contributed by atoms with van der Waals surface area (Å²) >= 11 is 5.72. The molecule has 1 N–H and O–H groups in total. The van der Waals surface area contributed by atoms with Crippen LogP contribution in [0, 0.1) is 5.82 Å². The van der Waals surface area contributed by atoms with E-state index in [-0.39, 0.29) is 16.8 Å². The highest BCUT2D eigenvalue weighted by atomic mass is 35.5. The molecule has 0 radical (unpaired) electrons. The molecule has 1 aliphatic rings. The molecule has 6 nitrogen and oxygen atoms in total. The number of sulfonamides is 1. The van der Waals surface area contributed by atoms with Crippen molar-refractivity contribution in [1.82, 2.24) is 14.6 Å². The Morgan fingerprint density at radius 3 is 2.38 bits per heavy atom. The number of carbonyl (C=O) groups excluding carboxylic acids is 1. The maximum atomic E-state index is 12.9. The van der Waals surface area contributed by atoms with Crippen molar-refractivity contribution in [2.75, 3.05) is 13.1 Å². The van der Waals surface area contributed by atoms with Gasteiger partial charge in [0.05, 0.1) is 10.5 Å². The third-order valence-corrected chi connectivity index (χ3v) is 5.96. The molecule has 1 amide bonds. The van der Waals surface area contributed by atoms with Crippen molar-refractivity contribution in [1.29, 1.82) is 0 Å².